The highest BCUT2D eigenvalue weighted by molar-refractivity contribution is 5.80. The molecular weight excluding hydrogens is 308 g/mol. The number of methoxy groups -OCH3 is 1. The third kappa shape index (κ3) is 3.98. The number of esters is 1. The van der Waals surface area contributed by atoms with Gasteiger partial charge in [0.05, 0.1) is 31.5 Å². The highest BCUT2D eigenvalue weighted by Crippen LogP contribution is 2.18. The molecule has 1 aliphatic heterocycles. The Morgan fingerprint density at radius 3 is 2.62 bits per heavy atom. The Kier molecular flexibility index (Phi) is 6.05. The smallest absolute Gasteiger partial charge is 0.308 e. The predicted molar refractivity (Wildman–Crippen MR) is 94.0 cm³/mol. The van der Waals surface area contributed by atoms with Crippen molar-refractivity contribution in [2.45, 2.75) is 19.4 Å². The first-order valence-electron chi connectivity index (χ1n) is 8.19. The average molecular weight is 336 g/mol. The molecule has 2 heterocycles. The Labute approximate surface area is 143 Å². The summed E-state index contributed by atoms with van der Waals surface area (Å²) < 4.78 is 6.89. The summed E-state index contributed by atoms with van der Waals surface area (Å²) >= 11 is 0. The molecule has 0 spiro atoms. The van der Waals surface area contributed by atoms with Crippen LogP contribution in [0.4, 0.5) is 5.95 Å². The third-order valence-corrected chi connectivity index (χ3v) is 4.43. The summed E-state index contributed by atoms with van der Waals surface area (Å²) in [5.74, 6) is 1.67. The number of carbonyl (C=O) groups is 1. The molecule has 1 aliphatic rings. The number of likely N-dealkylation sites (tertiary alicyclic amines) is 1. The van der Waals surface area contributed by atoms with E-state index in [4.69, 9.17) is 4.74 Å². The van der Waals surface area contributed by atoms with Gasteiger partial charge in [0.2, 0.25) is 5.95 Å². The number of piperidine rings is 1. The van der Waals surface area contributed by atoms with E-state index in [1.165, 1.54) is 7.11 Å². The Morgan fingerprint density at radius 2 is 2.12 bits per heavy atom. The zero-order valence-electron chi connectivity index (χ0n) is 15.2. The van der Waals surface area contributed by atoms with Crippen molar-refractivity contribution in [2.75, 3.05) is 46.2 Å². The summed E-state index contributed by atoms with van der Waals surface area (Å²) in [7, 11) is 9.19. The Hall–Kier alpha value is -2.25. The van der Waals surface area contributed by atoms with Gasteiger partial charge in [0.15, 0.2) is 5.96 Å². The van der Waals surface area contributed by atoms with Crippen LogP contribution in [-0.2, 0) is 23.1 Å². The van der Waals surface area contributed by atoms with Gasteiger partial charge in [0, 0.05) is 41.3 Å². The SMILES string of the molecule is CN=C(NCc1cnc(N(C)C)n1C)N1CCC(C(=O)OC)CC1. The standard InChI is InChI=1S/C16H28N6O2/c1-17-15(22-8-6-12(7-9-22)14(23)24-5)18-10-13-11-19-16(20(2)3)21(13)4/h11-12H,6-10H2,1-5H3,(H,17,18). The van der Waals surface area contributed by atoms with Gasteiger partial charge in [-0.2, -0.15) is 0 Å². The number of imidazole rings is 1. The Balaban J connectivity index is 1.91. The van der Waals surface area contributed by atoms with Crippen molar-refractivity contribution < 1.29 is 9.53 Å². The number of ether oxygens (including phenoxy) is 1. The van der Waals surface area contributed by atoms with Crippen molar-refractivity contribution in [1.29, 1.82) is 0 Å². The number of aliphatic imine (C=N–C) groups is 1. The maximum atomic E-state index is 11.6. The summed E-state index contributed by atoms with van der Waals surface area (Å²) in [6, 6.07) is 0. The minimum Gasteiger partial charge on any atom is -0.469 e. The summed E-state index contributed by atoms with van der Waals surface area (Å²) in [6.07, 6.45) is 3.47. The number of guanidine groups is 1. The molecule has 0 aromatic carbocycles. The van der Waals surface area contributed by atoms with Gasteiger partial charge >= 0.3 is 5.97 Å². The van der Waals surface area contributed by atoms with Crippen molar-refractivity contribution in [3.05, 3.63) is 11.9 Å². The minimum atomic E-state index is -0.108. The van der Waals surface area contributed by atoms with Crippen LogP contribution in [0.15, 0.2) is 11.2 Å². The fourth-order valence-corrected chi connectivity index (χ4v) is 3.01. The van der Waals surface area contributed by atoms with E-state index in [-0.39, 0.29) is 11.9 Å². The largest absolute Gasteiger partial charge is 0.469 e. The Morgan fingerprint density at radius 1 is 1.46 bits per heavy atom. The monoisotopic (exact) mass is 336 g/mol. The van der Waals surface area contributed by atoms with Crippen molar-refractivity contribution >= 4 is 17.9 Å². The fourth-order valence-electron chi connectivity index (χ4n) is 3.01. The van der Waals surface area contributed by atoms with E-state index in [2.05, 4.69) is 24.8 Å². The predicted octanol–water partition coefficient (Wildman–Crippen LogP) is 0.447. The molecule has 134 valence electrons. The van der Waals surface area contributed by atoms with Crippen molar-refractivity contribution in [3.8, 4) is 0 Å². The van der Waals surface area contributed by atoms with Crippen LogP contribution in [0.25, 0.3) is 0 Å². The second kappa shape index (κ2) is 8.03. The normalized spacial score (nSPS) is 16.2. The first kappa shape index (κ1) is 18.1. The molecule has 8 heteroatoms. The topological polar surface area (TPSA) is 75.0 Å². The lowest BCUT2D eigenvalue weighted by Gasteiger charge is -2.33. The van der Waals surface area contributed by atoms with Crippen LogP contribution in [0.5, 0.6) is 0 Å². The number of rotatable bonds is 4. The van der Waals surface area contributed by atoms with E-state index in [1.807, 2.05) is 32.2 Å². The van der Waals surface area contributed by atoms with Crippen LogP contribution in [0.1, 0.15) is 18.5 Å². The molecule has 0 bridgehead atoms. The lowest BCUT2D eigenvalue weighted by molar-refractivity contribution is -0.146. The van der Waals surface area contributed by atoms with Crippen LogP contribution in [0, 0.1) is 5.92 Å². The summed E-state index contributed by atoms with van der Waals surface area (Å²) in [5.41, 5.74) is 1.09. The van der Waals surface area contributed by atoms with Crippen LogP contribution < -0.4 is 10.2 Å². The molecule has 1 fully saturated rings. The van der Waals surface area contributed by atoms with Crippen molar-refractivity contribution in [3.63, 3.8) is 0 Å². The number of nitrogens with one attached hydrogen (secondary N) is 1. The molecule has 0 aliphatic carbocycles. The molecule has 0 saturated carbocycles. The van der Waals surface area contributed by atoms with Crippen LogP contribution in [0.3, 0.4) is 0 Å². The number of anilines is 1. The van der Waals surface area contributed by atoms with Crippen LogP contribution >= 0.6 is 0 Å². The number of aromatic nitrogens is 2. The summed E-state index contributed by atoms with van der Waals surface area (Å²) in [6.45, 7) is 2.25. The van der Waals surface area contributed by atoms with E-state index >= 15 is 0 Å². The van der Waals surface area contributed by atoms with Gasteiger partial charge in [-0.15, -0.1) is 0 Å². The van der Waals surface area contributed by atoms with E-state index in [0.717, 1.165) is 43.5 Å². The first-order valence-corrected chi connectivity index (χ1v) is 8.19. The number of nitrogens with zero attached hydrogens (tertiary/aromatic N) is 5. The molecule has 0 atom stereocenters. The molecule has 0 radical (unpaired) electrons. The molecule has 24 heavy (non-hydrogen) atoms. The molecule has 1 aromatic heterocycles. The maximum Gasteiger partial charge on any atom is 0.308 e. The van der Waals surface area contributed by atoms with Gasteiger partial charge < -0.3 is 24.4 Å². The van der Waals surface area contributed by atoms with Gasteiger partial charge in [0.25, 0.3) is 0 Å². The lowest BCUT2D eigenvalue weighted by atomic mass is 9.97. The number of hydrogen-bond acceptors (Lipinski definition) is 5. The van der Waals surface area contributed by atoms with E-state index in [0.29, 0.717) is 6.54 Å². The van der Waals surface area contributed by atoms with E-state index in [9.17, 15) is 4.79 Å². The molecular formula is C16H28N6O2. The zero-order chi connectivity index (χ0) is 17.7. The highest BCUT2D eigenvalue weighted by Gasteiger charge is 2.27. The second-order valence-corrected chi connectivity index (χ2v) is 6.19. The molecule has 0 amide bonds. The first-order chi connectivity index (χ1) is 11.5. The van der Waals surface area contributed by atoms with Gasteiger partial charge in [-0.1, -0.05) is 0 Å². The van der Waals surface area contributed by atoms with Gasteiger partial charge in [-0.3, -0.25) is 9.79 Å². The maximum absolute atomic E-state index is 11.6. The molecule has 1 N–H and O–H groups in total. The van der Waals surface area contributed by atoms with E-state index in [1.54, 1.807) is 7.05 Å². The van der Waals surface area contributed by atoms with Crippen LogP contribution in [0.2, 0.25) is 0 Å². The highest BCUT2D eigenvalue weighted by atomic mass is 16.5. The zero-order valence-corrected chi connectivity index (χ0v) is 15.2. The van der Waals surface area contributed by atoms with Gasteiger partial charge in [-0.25, -0.2) is 4.98 Å². The van der Waals surface area contributed by atoms with Gasteiger partial charge in [0.1, 0.15) is 0 Å². The molecule has 1 aromatic rings. The molecule has 8 nitrogen and oxygen atoms in total. The number of hydrogen-bond donors (Lipinski definition) is 1. The average Bonchev–Trinajstić information content (AvgIpc) is 2.96. The Bertz CT molecular complexity index is 587. The van der Waals surface area contributed by atoms with E-state index < -0.39 is 0 Å². The van der Waals surface area contributed by atoms with Crippen LogP contribution in [-0.4, -0.2) is 67.7 Å². The summed E-state index contributed by atoms with van der Waals surface area (Å²) in [4.78, 5) is 24.6. The van der Waals surface area contributed by atoms with Crippen molar-refractivity contribution in [2.24, 2.45) is 18.0 Å². The fraction of sp³-hybridized carbons (Fsp3) is 0.688. The summed E-state index contributed by atoms with van der Waals surface area (Å²) in [5, 5.41) is 3.39. The van der Waals surface area contributed by atoms with Crippen molar-refractivity contribution in [1.82, 2.24) is 19.8 Å². The second-order valence-electron chi connectivity index (χ2n) is 6.19. The van der Waals surface area contributed by atoms with Gasteiger partial charge in [-0.05, 0) is 12.8 Å². The number of carbonyl (C=O) groups excluding carboxylic acids is 1. The minimum absolute atomic E-state index is 0.00378. The molecule has 1 saturated heterocycles. The molecule has 0 unspecified atom stereocenters. The third-order valence-electron chi connectivity index (χ3n) is 4.43. The lowest BCUT2D eigenvalue weighted by Crippen LogP contribution is -2.46. The quantitative estimate of drug-likeness (QED) is 0.489. The molecule has 2 rings (SSSR count).